The van der Waals surface area contributed by atoms with E-state index in [-0.39, 0.29) is 23.7 Å². The number of rotatable bonds is 1. The van der Waals surface area contributed by atoms with Crippen molar-refractivity contribution in [2.24, 2.45) is 10.4 Å². The van der Waals surface area contributed by atoms with Crippen molar-refractivity contribution in [3.63, 3.8) is 0 Å². The average molecular weight is 451 g/mol. The molecule has 4 rings (SSSR count). The van der Waals surface area contributed by atoms with Crippen molar-refractivity contribution < 1.29 is 9.59 Å². The van der Waals surface area contributed by atoms with Crippen LogP contribution in [-0.4, -0.2) is 35.5 Å². The fraction of sp³-hybridized carbons (Fsp3) is 0.286. The fourth-order valence-corrected chi connectivity index (χ4v) is 3.87. The summed E-state index contributed by atoms with van der Waals surface area (Å²) in [5, 5.41) is 12.1. The molecule has 0 bridgehead atoms. The lowest BCUT2D eigenvalue weighted by molar-refractivity contribution is -0.139. The molecule has 6 heteroatoms. The summed E-state index contributed by atoms with van der Waals surface area (Å²) in [6, 6.07) is 14.8. The first-order valence-electron chi connectivity index (χ1n) is 11.3. The maximum absolute atomic E-state index is 12.5. The van der Waals surface area contributed by atoms with Crippen molar-refractivity contribution in [3.8, 4) is 17.9 Å². The lowest BCUT2D eigenvalue weighted by Crippen LogP contribution is -2.41. The van der Waals surface area contributed by atoms with E-state index in [2.05, 4.69) is 23.2 Å². The zero-order valence-electron chi connectivity index (χ0n) is 19.6. The number of nitriles is 1. The summed E-state index contributed by atoms with van der Waals surface area (Å²) in [4.78, 5) is 31.5. The van der Waals surface area contributed by atoms with Gasteiger partial charge in [-0.15, -0.1) is 0 Å². The molecule has 0 radical (unpaired) electrons. The Balaban J connectivity index is 1.54. The molecule has 6 nitrogen and oxygen atoms in total. The maximum Gasteiger partial charge on any atom is 0.230 e. The minimum Gasteiger partial charge on any atom is -0.338 e. The molecule has 170 valence electrons. The summed E-state index contributed by atoms with van der Waals surface area (Å²) in [6.45, 7) is 7.04. The Morgan fingerprint density at radius 1 is 1.12 bits per heavy atom. The number of amides is 2. The van der Waals surface area contributed by atoms with E-state index in [0.29, 0.717) is 35.7 Å². The van der Waals surface area contributed by atoms with Gasteiger partial charge in [0.25, 0.3) is 0 Å². The predicted molar refractivity (Wildman–Crippen MR) is 133 cm³/mol. The number of hydrogen-bond donors (Lipinski definition) is 1. The highest BCUT2D eigenvalue weighted by molar-refractivity contribution is 6.17. The maximum atomic E-state index is 12.5. The van der Waals surface area contributed by atoms with E-state index in [1.807, 2.05) is 56.0 Å². The Morgan fingerprint density at radius 3 is 2.65 bits per heavy atom. The van der Waals surface area contributed by atoms with Crippen molar-refractivity contribution in [2.45, 2.75) is 33.6 Å². The second-order valence-corrected chi connectivity index (χ2v) is 9.44. The van der Waals surface area contributed by atoms with Gasteiger partial charge in [0.05, 0.1) is 35.1 Å². The smallest absolute Gasteiger partial charge is 0.230 e. The first-order valence-corrected chi connectivity index (χ1v) is 11.3. The van der Waals surface area contributed by atoms with Crippen molar-refractivity contribution in [1.29, 1.82) is 5.26 Å². The number of fused-ring (bicyclic) bond motifs is 1. The molecule has 34 heavy (non-hydrogen) atoms. The zero-order chi connectivity index (χ0) is 24.3. The van der Waals surface area contributed by atoms with Gasteiger partial charge >= 0.3 is 0 Å². The van der Waals surface area contributed by atoms with Crippen molar-refractivity contribution >= 4 is 28.9 Å². The first kappa shape index (κ1) is 23.0. The van der Waals surface area contributed by atoms with E-state index in [4.69, 9.17) is 10.3 Å². The number of hydrogen-bond acceptors (Lipinski definition) is 4. The summed E-state index contributed by atoms with van der Waals surface area (Å²) < 4.78 is 0. The van der Waals surface area contributed by atoms with Gasteiger partial charge in [0.15, 0.2) is 0 Å². The minimum atomic E-state index is -0.385. The molecule has 2 amide bonds. The van der Waals surface area contributed by atoms with Gasteiger partial charge in [-0.3, -0.25) is 14.6 Å². The highest BCUT2D eigenvalue weighted by Crippen LogP contribution is 2.30. The quantitative estimate of drug-likeness (QED) is 0.646. The molecule has 2 aromatic carbocycles. The third kappa shape index (κ3) is 5.24. The number of nitrogens with one attached hydrogen (secondary N) is 1. The van der Waals surface area contributed by atoms with Gasteiger partial charge in [0.2, 0.25) is 11.8 Å². The summed E-state index contributed by atoms with van der Waals surface area (Å²) in [5.74, 6) is 6.37. The Hall–Kier alpha value is -4.16. The van der Waals surface area contributed by atoms with Gasteiger partial charge < -0.3 is 10.2 Å². The highest BCUT2D eigenvalue weighted by Gasteiger charge is 2.27. The lowest BCUT2D eigenvalue weighted by atomic mass is 9.93. The van der Waals surface area contributed by atoms with E-state index in [9.17, 15) is 9.59 Å². The molecule has 0 saturated heterocycles. The molecule has 0 atom stereocenters. The lowest BCUT2D eigenvalue weighted by Gasteiger charge is -2.31. The van der Waals surface area contributed by atoms with E-state index in [1.165, 1.54) is 0 Å². The summed E-state index contributed by atoms with van der Waals surface area (Å²) >= 11 is 0. The molecule has 2 heterocycles. The molecule has 0 aliphatic carbocycles. The van der Waals surface area contributed by atoms with E-state index >= 15 is 0 Å². The van der Waals surface area contributed by atoms with Crippen molar-refractivity contribution in [2.75, 3.05) is 18.4 Å². The predicted octanol–water partition coefficient (Wildman–Crippen LogP) is 4.58. The van der Waals surface area contributed by atoms with Crippen LogP contribution in [0, 0.1) is 28.6 Å². The van der Waals surface area contributed by atoms with Gasteiger partial charge in [-0.2, -0.15) is 5.26 Å². The van der Waals surface area contributed by atoms with Crippen LogP contribution in [0.5, 0.6) is 0 Å². The summed E-state index contributed by atoms with van der Waals surface area (Å²) in [5.41, 5.74) is 4.57. The van der Waals surface area contributed by atoms with Crippen molar-refractivity contribution in [1.82, 2.24) is 4.90 Å². The van der Waals surface area contributed by atoms with Crippen LogP contribution in [0.15, 0.2) is 59.1 Å². The van der Waals surface area contributed by atoms with Crippen LogP contribution in [-0.2, 0) is 9.59 Å². The van der Waals surface area contributed by atoms with Crippen LogP contribution in [0.3, 0.4) is 0 Å². The van der Waals surface area contributed by atoms with Crippen LogP contribution in [0.25, 0.3) is 0 Å². The molecular formula is C28H26N4O2. The molecular weight excluding hydrogens is 424 g/mol. The number of anilines is 1. The van der Waals surface area contributed by atoms with Crippen LogP contribution < -0.4 is 5.32 Å². The molecule has 2 aromatic rings. The summed E-state index contributed by atoms with van der Waals surface area (Å²) in [7, 11) is 0. The first-order chi connectivity index (χ1) is 16.2. The van der Waals surface area contributed by atoms with E-state index < -0.39 is 0 Å². The molecule has 0 unspecified atom stereocenters. The number of nitrogens with zero attached hydrogens (tertiary/aromatic N) is 3. The highest BCUT2D eigenvalue weighted by atomic mass is 16.2. The number of benzene rings is 2. The van der Waals surface area contributed by atoms with Gasteiger partial charge in [-0.1, -0.05) is 50.8 Å². The Labute approximate surface area is 200 Å². The van der Waals surface area contributed by atoms with E-state index in [0.717, 1.165) is 23.1 Å². The topological polar surface area (TPSA) is 85.6 Å². The van der Waals surface area contributed by atoms with Gasteiger partial charge in [-0.25, -0.2) is 0 Å². The minimum absolute atomic E-state index is 0.126. The Morgan fingerprint density at radius 2 is 1.94 bits per heavy atom. The van der Waals surface area contributed by atoms with Crippen LogP contribution in [0.1, 0.15) is 50.3 Å². The number of carbonyl (C=O) groups is 2. The third-order valence-corrected chi connectivity index (χ3v) is 5.68. The molecule has 0 spiro atoms. The molecule has 0 fully saturated rings. The monoisotopic (exact) mass is 450 g/mol. The molecule has 2 aliphatic rings. The second-order valence-electron chi connectivity index (χ2n) is 9.44. The van der Waals surface area contributed by atoms with Crippen molar-refractivity contribution in [3.05, 3.63) is 70.8 Å². The SMILES string of the molecule is CC(C)(C)C(=O)N1CC=C(C#Cc2ccc3c(c2)NC(=O)CC(c2cccc(C#N)c2)=N3)CC1. The molecule has 0 aromatic heterocycles. The van der Waals surface area contributed by atoms with Crippen LogP contribution in [0.4, 0.5) is 11.4 Å². The fourth-order valence-electron chi connectivity index (χ4n) is 3.87. The van der Waals surface area contributed by atoms with Gasteiger partial charge in [0.1, 0.15) is 0 Å². The van der Waals surface area contributed by atoms with Crippen LogP contribution >= 0.6 is 0 Å². The summed E-state index contributed by atoms with van der Waals surface area (Å²) in [6.07, 6.45) is 2.87. The molecule has 2 aliphatic heterocycles. The molecule has 0 saturated carbocycles. The zero-order valence-corrected chi connectivity index (χ0v) is 19.6. The Kier molecular flexibility index (Phi) is 6.34. The second kappa shape index (κ2) is 9.37. The van der Waals surface area contributed by atoms with Gasteiger partial charge in [-0.05, 0) is 42.3 Å². The van der Waals surface area contributed by atoms with Gasteiger partial charge in [0, 0.05) is 29.6 Å². The normalized spacial score (nSPS) is 15.5. The van der Waals surface area contributed by atoms with E-state index in [1.54, 1.807) is 18.2 Å². The largest absolute Gasteiger partial charge is 0.338 e. The average Bonchev–Trinajstić information content (AvgIpc) is 2.99. The number of carbonyl (C=O) groups excluding carboxylic acids is 2. The Bertz CT molecular complexity index is 1330. The third-order valence-electron chi connectivity index (χ3n) is 5.68. The number of aliphatic imine (C=N–C) groups is 1. The standard InChI is InChI=1S/C28H26N4O2/c1-28(2,3)27(34)32-13-11-19(12-14-32)7-8-20-9-10-23-25(16-20)31-26(33)17-24(30-23)22-6-4-5-21(15-22)18-29/h4-6,9-11,15-16H,12-14,17H2,1-3H3,(H,31,33). The van der Waals surface area contributed by atoms with Crippen LogP contribution in [0.2, 0.25) is 0 Å². The molecule has 1 N–H and O–H groups in total.